The van der Waals surface area contributed by atoms with E-state index in [9.17, 15) is 20.1 Å². The number of rotatable bonds is 3. The maximum absolute atomic E-state index is 11.5. The van der Waals surface area contributed by atoms with Gasteiger partial charge in [0.1, 0.15) is 12.2 Å². The Morgan fingerprint density at radius 2 is 1.88 bits per heavy atom. The number of hydrogen-bond acceptors (Lipinski definition) is 6. The molecular weight excluding hydrogens is 228 g/mol. The number of ether oxygens (including phenoxy) is 2. The van der Waals surface area contributed by atoms with Gasteiger partial charge in [-0.15, -0.1) is 0 Å². The Morgan fingerprint density at radius 1 is 1.29 bits per heavy atom. The van der Waals surface area contributed by atoms with Crippen LogP contribution in [-0.2, 0) is 14.3 Å². The SMILES string of the molecule is CC(C)CC(=O)O[C@@H]1[C@H](O)[C@H](C)O[C@@H](O)[C@H]1O. The molecule has 0 aromatic heterocycles. The average molecular weight is 248 g/mol. The van der Waals surface area contributed by atoms with Gasteiger partial charge in [-0.05, 0) is 12.8 Å². The molecule has 6 nitrogen and oxygen atoms in total. The van der Waals surface area contributed by atoms with Crippen LogP contribution in [-0.4, -0.2) is 52.0 Å². The molecule has 1 rings (SSSR count). The minimum Gasteiger partial charge on any atom is -0.456 e. The van der Waals surface area contributed by atoms with Gasteiger partial charge >= 0.3 is 5.97 Å². The number of carbonyl (C=O) groups is 1. The lowest BCUT2D eigenvalue weighted by Crippen LogP contribution is -2.58. The Balaban J connectivity index is 2.63. The van der Waals surface area contributed by atoms with Crippen LogP contribution in [0.25, 0.3) is 0 Å². The van der Waals surface area contributed by atoms with Crippen LogP contribution in [0, 0.1) is 5.92 Å². The summed E-state index contributed by atoms with van der Waals surface area (Å²) >= 11 is 0. The van der Waals surface area contributed by atoms with Gasteiger partial charge in [0, 0.05) is 6.42 Å². The Labute approximate surface area is 100 Å². The number of carbonyl (C=O) groups excluding carboxylic acids is 1. The zero-order valence-corrected chi connectivity index (χ0v) is 10.2. The van der Waals surface area contributed by atoms with Crippen molar-refractivity contribution in [1.82, 2.24) is 0 Å². The topological polar surface area (TPSA) is 96.2 Å². The molecule has 0 aromatic rings. The van der Waals surface area contributed by atoms with Crippen molar-refractivity contribution in [3.05, 3.63) is 0 Å². The van der Waals surface area contributed by atoms with Crippen molar-refractivity contribution in [3.8, 4) is 0 Å². The zero-order chi connectivity index (χ0) is 13.2. The van der Waals surface area contributed by atoms with Crippen LogP contribution < -0.4 is 0 Å². The van der Waals surface area contributed by atoms with Crippen LogP contribution in [0.5, 0.6) is 0 Å². The Kier molecular flexibility index (Phi) is 4.88. The fourth-order valence-corrected chi connectivity index (χ4v) is 1.68. The van der Waals surface area contributed by atoms with Crippen LogP contribution in [0.15, 0.2) is 0 Å². The van der Waals surface area contributed by atoms with E-state index in [-0.39, 0.29) is 12.3 Å². The molecule has 0 saturated carbocycles. The molecule has 0 radical (unpaired) electrons. The van der Waals surface area contributed by atoms with Crippen molar-refractivity contribution in [2.24, 2.45) is 5.92 Å². The summed E-state index contributed by atoms with van der Waals surface area (Å²) in [6.07, 6.45) is -5.70. The lowest BCUT2D eigenvalue weighted by molar-refractivity contribution is -0.281. The van der Waals surface area contributed by atoms with Gasteiger partial charge in [-0.3, -0.25) is 4.79 Å². The Bertz CT molecular complexity index is 253. The largest absolute Gasteiger partial charge is 0.456 e. The molecule has 0 bridgehead atoms. The molecule has 0 spiro atoms. The van der Waals surface area contributed by atoms with Crippen LogP contribution in [0.3, 0.4) is 0 Å². The monoisotopic (exact) mass is 248 g/mol. The smallest absolute Gasteiger partial charge is 0.306 e. The predicted molar refractivity (Wildman–Crippen MR) is 57.9 cm³/mol. The van der Waals surface area contributed by atoms with Crippen molar-refractivity contribution in [2.45, 2.75) is 57.9 Å². The molecule has 17 heavy (non-hydrogen) atoms. The number of aliphatic hydroxyl groups is 3. The van der Waals surface area contributed by atoms with E-state index in [4.69, 9.17) is 9.47 Å². The lowest BCUT2D eigenvalue weighted by Gasteiger charge is -2.38. The third-order valence-corrected chi connectivity index (χ3v) is 2.64. The molecule has 1 fully saturated rings. The van der Waals surface area contributed by atoms with E-state index in [1.165, 1.54) is 6.92 Å². The Morgan fingerprint density at radius 3 is 2.41 bits per heavy atom. The van der Waals surface area contributed by atoms with Crippen molar-refractivity contribution in [3.63, 3.8) is 0 Å². The summed E-state index contributed by atoms with van der Waals surface area (Å²) in [5, 5.41) is 28.7. The number of hydrogen-bond donors (Lipinski definition) is 3. The summed E-state index contributed by atoms with van der Waals surface area (Å²) in [6.45, 7) is 5.24. The highest BCUT2D eigenvalue weighted by Crippen LogP contribution is 2.22. The summed E-state index contributed by atoms with van der Waals surface area (Å²) in [6, 6.07) is 0. The summed E-state index contributed by atoms with van der Waals surface area (Å²) < 4.78 is 9.86. The zero-order valence-electron chi connectivity index (χ0n) is 10.2. The van der Waals surface area contributed by atoms with E-state index in [0.717, 1.165) is 0 Å². The van der Waals surface area contributed by atoms with Gasteiger partial charge in [0.15, 0.2) is 12.4 Å². The quantitative estimate of drug-likeness (QED) is 0.577. The molecule has 1 aliphatic rings. The highest BCUT2D eigenvalue weighted by Gasteiger charge is 2.44. The third-order valence-electron chi connectivity index (χ3n) is 2.64. The van der Waals surface area contributed by atoms with Gasteiger partial charge in [0.25, 0.3) is 0 Å². The van der Waals surface area contributed by atoms with E-state index in [1.807, 2.05) is 13.8 Å². The van der Waals surface area contributed by atoms with Crippen molar-refractivity contribution < 1.29 is 29.6 Å². The predicted octanol–water partition coefficient (Wildman–Crippen LogP) is -0.597. The van der Waals surface area contributed by atoms with E-state index in [1.54, 1.807) is 0 Å². The van der Waals surface area contributed by atoms with Crippen LogP contribution >= 0.6 is 0 Å². The standard InChI is InChI=1S/C11H20O6/c1-5(2)4-7(12)17-10-8(13)6(3)16-11(15)9(10)14/h5-6,8-11,13-15H,4H2,1-3H3/t6-,8+,9-,10+,11+/m0/s1. The van der Waals surface area contributed by atoms with Gasteiger partial charge in [0.05, 0.1) is 6.10 Å². The first-order valence-electron chi connectivity index (χ1n) is 5.72. The highest BCUT2D eigenvalue weighted by molar-refractivity contribution is 5.69. The van der Waals surface area contributed by atoms with Crippen LogP contribution in [0.4, 0.5) is 0 Å². The second-order valence-electron chi connectivity index (χ2n) is 4.77. The maximum Gasteiger partial charge on any atom is 0.306 e. The molecule has 0 aromatic carbocycles. The summed E-state index contributed by atoms with van der Waals surface area (Å²) in [5.41, 5.74) is 0. The van der Waals surface area contributed by atoms with Gasteiger partial charge in [-0.25, -0.2) is 0 Å². The number of esters is 1. The second kappa shape index (κ2) is 5.77. The first-order chi connectivity index (χ1) is 7.82. The van der Waals surface area contributed by atoms with Gasteiger partial charge in [-0.1, -0.05) is 13.8 Å². The summed E-state index contributed by atoms with van der Waals surface area (Å²) in [5.74, 6) is -0.386. The molecule has 6 heteroatoms. The van der Waals surface area contributed by atoms with E-state index in [0.29, 0.717) is 0 Å². The minimum atomic E-state index is -1.45. The van der Waals surface area contributed by atoms with Gasteiger partial charge < -0.3 is 24.8 Å². The molecule has 5 atom stereocenters. The molecule has 1 heterocycles. The van der Waals surface area contributed by atoms with Gasteiger partial charge in [0.2, 0.25) is 0 Å². The van der Waals surface area contributed by atoms with Crippen LogP contribution in [0.2, 0.25) is 0 Å². The molecule has 1 saturated heterocycles. The normalized spacial score (nSPS) is 38.2. The summed E-state index contributed by atoms with van der Waals surface area (Å²) in [7, 11) is 0. The average Bonchev–Trinajstić information content (AvgIpc) is 2.20. The van der Waals surface area contributed by atoms with Crippen molar-refractivity contribution >= 4 is 5.97 Å². The first kappa shape index (κ1) is 14.4. The van der Waals surface area contributed by atoms with Gasteiger partial charge in [-0.2, -0.15) is 0 Å². The van der Waals surface area contributed by atoms with Crippen molar-refractivity contribution in [2.75, 3.05) is 0 Å². The van der Waals surface area contributed by atoms with E-state index < -0.39 is 36.7 Å². The molecule has 0 unspecified atom stereocenters. The maximum atomic E-state index is 11.5. The molecule has 100 valence electrons. The fraction of sp³-hybridized carbons (Fsp3) is 0.909. The molecule has 3 N–H and O–H groups in total. The van der Waals surface area contributed by atoms with E-state index in [2.05, 4.69) is 0 Å². The minimum absolute atomic E-state index is 0.124. The molecule has 0 aliphatic carbocycles. The molecule has 1 aliphatic heterocycles. The van der Waals surface area contributed by atoms with Crippen LogP contribution in [0.1, 0.15) is 27.2 Å². The molecular formula is C11H20O6. The molecule has 0 amide bonds. The Hall–Kier alpha value is -0.690. The lowest BCUT2D eigenvalue weighted by atomic mass is 9.99. The summed E-state index contributed by atoms with van der Waals surface area (Å²) in [4.78, 5) is 11.5. The fourth-order valence-electron chi connectivity index (χ4n) is 1.68. The number of aliphatic hydroxyl groups excluding tert-OH is 3. The highest BCUT2D eigenvalue weighted by atomic mass is 16.6. The second-order valence-corrected chi connectivity index (χ2v) is 4.77. The third kappa shape index (κ3) is 3.64. The van der Waals surface area contributed by atoms with E-state index >= 15 is 0 Å². The first-order valence-corrected chi connectivity index (χ1v) is 5.72. The van der Waals surface area contributed by atoms with Crippen molar-refractivity contribution in [1.29, 1.82) is 0 Å².